The summed E-state index contributed by atoms with van der Waals surface area (Å²) in [5.74, 6) is -0.468. The van der Waals surface area contributed by atoms with Crippen LogP contribution < -0.4 is 4.74 Å². The van der Waals surface area contributed by atoms with Gasteiger partial charge in [0, 0.05) is 18.0 Å². The molecule has 2 heterocycles. The fourth-order valence-corrected chi connectivity index (χ4v) is 2.14. The van der Waals surface area contributed by atoms with Crippen LogP contribution in [0.1, 0.15) is 17.4 Å². The predicted molar refractivity (Wildman–Crippen MR) is 72.2 cm³/mol. The molecule has 0 aliphatic rings. The minimum atomic E-state index is -1.13. The van der Waals surface area contributed by atoms with Crippen LogP contribution in [0.4, 0.5) is 4.39 Å². The number of aliphatic hydroxyl groups is 1. The smallest absolute Gasteiger partial charge is 0.171 e. The summed E-state index contributed by atoms with van der Waals surface area (Å²) in [6.45, 7) is 0. The Morgan fingerprint density at radius 2 is 2.10 bits per heavy atom. The molecule has 0 aliphatic carbocycles. The zero-order chi connectivity index (χ0) is 14.1. The summed E-state index contributed by atoms with van der Waals surface area (Å²) in [6, 6.07) is 10.2. The molecule has 0 saturated heterocycles. The maximum absolute atomic E-state index is 14.1. The van der Waals surface area contributed by atoms with E-state index >= 15 is 0 Å². The number of hydrogen-bond donors (Lipinski definition) is 1. The van der Waals surface area contributed by atoms with E-state index in [1.54, 1.807) is 16.7 Å². The third-order valence-corrected chi connectivity index (χ3v) is 3.17. The van der Waals surface area contributed by atoms with Gasteiger partial charge < -0.3 is 14.2 Å². The molecule has 1 N–H and O–H groups in total. The summed E-state index contributed by atoms with van der Waals surface area (Å²) in [5.41, 5.74) is 1.24. The number of halogens is 1. The molecule has 2 aromatic heterocycles. The Morgan fingerprint density at radius 1 is 1.25 bits per heavy atom. The van der Waals surface area contributed by atoms with Crippen molar-refractivity contribution in [2.45, 2.75) is 6.10 Å². The molecule has 3 rings (SSSR count). The van der Waals surface area contributed by atoms with E-state index in [4.69, 9.17) is 4.74 Å². The van der Waals surface area contributed by atoms with Crippen LogP contribution >= 0.6 is 0 Å². The molecule has 5 heteroatoms. The van der Waals surface area contributed by atoms with Crippen molar-refractivity contribution in [2.75, 3.05) is 7.11 Å². The standard InChI is InChI=1S/C15H13FN2O2/c1-20-12-6-4-5-10(14(12)16)15(19)11-9-18-8-3-2-7-13(18)17-11/h2-9,15,19H,1H3. The summed E-state index contributed by atoms with van der Waals surface area (Å²) < 4.78 is 20.8. The van der Waals surface area contributed by atoms with Gasteiger partial charge in [0.2, 0.25) is 0 Å². The van der Waals surface area contributed by atoms with E-state index in [2.05, 4.69) is 4.98 Å². The van der Waals surface area contributed by atoms with E-state index < -0.39 is 11.9 Å². The second kappa shape index (κ2) is 4.94. The van der Waals surface area contributed by atoms with Crippen molar-refractivity contribution in [1.29, 1.82) is 0 Å². The van der Waals surface area contributed by atoms with Crippen molar-refractivity contribution in [3.05, 3.63) is 65.9 Å². The molecule has 0 bridgehead atoms. The second-order valence-electron chi connectivity index (χ2n) is 4.40. The van der Waals surface area contributed by atoms with Crippen LogP contribution in [0.2, 0.25) is 0 Å². The fourth-order valence-electron chi connectivity index (χ4n) is 2.14. The highest BCUT2D eigenvalue weighted by Crippen LogP contribution is 2.28. The molecule has 102 valence electrons. The zero-order valence-electron chi connectivity index (χ0n) is 10.8. The first-order chi connectivity index (χ1) is 9.70. The molecule has 1 atom stereocenters. The van der Waals surface area contributed by atoms with E-state index in [9.17, 15) is 9.50 Å². The quantitative estimate of drug-likeness (QED) is 0.797. The van der Waals surface area contributed by atoms with Gasteiger partial charge in [-0.3, -0.25) is 0 Å². The Labute approximate surface area is 115 Å². The maximum Gasteiger partial charge on any atom is 0.171 e. The number of methoxy groups -OCH3 is 1. The van der Waals surface area contributed by atoms with Crippen molar-refractivity contribution in [1.82, 2.24) is 9.38 Å². The summed E-state index contributed by atoms with van der Waals surface area (Å²) in [5, 5.41) is 10.3. The van der Waals surface area contributed by atoms with Crippen molar-refractivity contribution in [3.8, 4) is 5.75 Å². The SMILES string of the molecule is COc1cccc(C(O)c2cn3ccccc3n2)c1F. The number of benzene rings is 1. The molecule has 1 unspecified atom stereocenters. The van der Waals surface area contributed by atoms with Gasteiger partial charge in [-0.1, -0.05) is 18.2 Å². The molecule has 0 radical (unpaired) electrons. The first-order valence-electron chi connectivity index (χ1n) is 6.15. The Morgan fingerprint density at radius 3 is 2.85 bits per heavy atom. The van der Waals surface area contributed by atoms with Gasteiger partial charge in [0.15, 0.2) is 11.6 Å². The Bertz CT molecular complexity index is 721. The van der Waals surface area contributed by atoms with E-state index in [1.807, 2.05) is 24.4 Å². The molecule has 1 aromatic carbocycles. The number of rotatable bonds is 3. The third-order valence-electron chi connectivity index (χ3n) is 3.17. The first kappa shape index (κ1) is 12.6. The lowest BCUT2D eigenvalue weighted by Gasteiger charge is -2.11. The predicted octanol–water partition coefficient (Wildman–Crippen LogP) is 2.56. The average Bonchev–Trinajstić information content (AvgIpc) is 2.90. The van der Waals surface area contributed by atoms with Gasteiger partial charge in [-0.2, -0.15) is 0 Å². The number of ether oxygens (including phenoxy) is 1. The number of aromatic nitrogens is 2. The van der Waals surface area contributed by atoms with Crippen molar-refractivity contribution in [3.63, 3.8) is 0 Å². The number of pyridine rings is 1. The molecule has 0 spiro atoms. The topological polar surface area (TPSA) is 46.8 Å². The summed E-state index contributed by atoms with van der Waals surface area (Å²) in [6.07, 6.45) is 2.37. The Kier molecular flexibility index (Phi) is 3.12. The van der Waals surface area contributed by atoms with Crippen LogP contribution in [0.5, 0.6) is 5.75 Å². The minimum Gasteiger partial charge on any atom is -0.494 e. The number of fused-ring (bicyclic) bond motifs is 1. The molecular formula is C15H13FN2O2. The minimum absolute atomic E-state index is 0.102. The zero-order valence-corrected chi connectivity index (χ0v) is 10.8. The Balaban J connectivity index is 2.05. The first-order valence-corrected chi connectivity index (χ1v) is 6.15. The van der Waals surface area contributed by atoms with Gasteiger partial charge in [-0.05, 0) is 18.2 Å². The van der Waals surface area contributed by atoms with Crippen molar-refractivity contribution < 1.29 is 14.2 Å². The summed E-state index contributed by atoms with van der Waals surface area (Å²) >= 11 is 0. The fraction of sp³-hybridized carbons (Fsp3) is 0.133. The number of imidazole rings is 1. The lowest BCUT2D eigenvalue weighted by atomic mass is 10.1. The van der Waals surface area contributed by atoms with Gasteiger partial charge in [0.1, 0.15) is 11.8 Å². The monoisotopic (exact) mass is 272 g/mol. The van der Waals surface area contributed by atoms with Crippen LogP contribution in [-0.2, 0) is 0 Å². The molecule has 20 heavy (non-hydrogen) atoms. The highest BCUT2D eigenvalue weighted by Gasteiger charge is 2.20. The largest absolute Gasteiger partial charge is 0.494 e. The lowest BCUT2D eigenvalue weighted by molar-refractivity contribution is 0.209. The molecule has 0 fully saturated rings. The van der Waals surface area contributed by atoms with E-state index in [0.29, 0.717) is 11.3 Å². The highest BCUT2D eigenvalue weighted by atomic mass is 19.1. The second-order valence-corrected chi connectivity index (χ2v) is 4.40. The van der Waals surface area contributed by atoms with Crippen molar-refractivity contribution >= 4 is 5.65 Å². The third kappa shape index (κ3) is 2.02. The van der Waals surface area contributed by atoms with E-state index in [1.165, 1.54) is 19.2 Å². The van der Waals surface area contributed by atoms with E-state index in [0.717, 1.165) is 0 Å². The van der Waals surface area contributed by atoms with Crippen LogP contribution in [0.25, 0.3) is 5.65 Å². The van der Waals surface area contributed by atoms with Gasteiger partial charge in [0.25, 0.3) is 0 Å². The van der Waals surface area contributed by atoms with Gasteiger partial charge in [0.05, 0.1) is 12.8 Å². The van der Waals surface area contributed by atoms with E-state index in [-0.39, 0.29) is 11.3 Å². The van der Waals surface area contributed by atoms with Crippen LogP contribution in [0.3, 0.4) is 0 Å². The summed E-state index contributed by atoms with van der Waals surface area (Å²) in [4.78, 5) is 4.29. The van der Waals surface area contributed by atoms with Crippen molar-refractivity contribution in [2.24, 2.45) is 0 Å². The van der Waals surface area contributed by atoms with Crippen LogP contribution in [0, 0.1) is 5.82 Å². The summed E-state index contributed by atoms with van der Waals surface area (Å²) in [7, 11) is 1.39. The average molecular weight is 272 g/mol. The molecule has 0 aliphatic heterocycles. The molecule has 4 nitrogen and oxygen atoms in total. The van der Waals surface area contributed by atoms with Gasteiger partial charge in [-0.25, -0.2) is 9.37 Å². The number of hydrogen-bond acceptors (Lipinski definition) is 3. The molecule has 0 saturated carbocycles. The van der Waals surface area contributed by atoms with Gasteiger partial charge >= 0.3 is 0 Å². The number of nitrogens with zero attached hydrogens (tertiary/aromatic N) is 2. The van der Waals surface area contributed by atoms with Gasteiger partial charge in [-0.15, -0.1) is 0 Å². The highest BCUT2D eigenvalue weighted by molar-refractivity contribution is 5.42. The molecule has 3 aromatic rings. The maximum atomic E-state index is 14.1. The Hall–Kier alpha value is -2.40. The lowest BCUT2D eigenvalue weighted by Crippen LogP contribution is -2.04. The molecular weight excluding hydrogens is 259 g/mol. The van der Waals surface area contributed by atoms with Crippen LogP contribution in [-0.4, -0.2) is 21.6 Å². The normalized spacial score (nSPS) is 12.6. The van der Waals surface area contributed by atoms with Crippen LogP contribution in [0.15, 0.2) is 48.8 Å². The molecule has 0 amide bonds. The number of aliphatic hydroxyl groups excluding tert-OH is 1.